The number of carbonyl (C=O) groups is 2. The number of nitro groups is 1. The molecule has 0 heterocycles. The predicted octanol–water partition coefficient (Wildman–Crippen LogP) is 5.01. The summed E-state index contributed by atoms with van der Waals surface area (Å²) >= 11 is 0. The lowest BCUT2D eigenvalue weighted by Crippen LogP contribution is -2.42. The molecule has 1 saturated carbocycles. The van der Waals surface area contributed by atoms with Crippen LogP contribution in [0.3, 0.4) is 0 Å². The molecule has 1 fully saturated rings. The Morgan fingerprint density at radius 3 is 2.28 bits per heavy atom. The van der Waals surface area contributed by atoms with Gasteiger partial charge in [0.25, 0.3) is 5.69 Å². The molecular weight excluding hydrogens is 412 g/mol. The molecule has 0 spiro atoms. The Morgan fingerprint density at radius 1 is 1.06 bits per heavy atom. The number of carbonyl (C=O) groups excluding carboxylic acids is 2. The summed E-state index contributed by atoms with van der Waals surface area (Å²) in [4.78, 5) is 36.4. The van der Waals surface area contributed by atoms with Crippen LogP contribution in [0.5, 0.6) is 5.75 Å². The third kappa shape index (κ3) is 4.90. The second-order valence-electron chi connectivity index (χ2n) is 8.27. The van der Waals surface area contributed by atoms with Crippen LogP contribution in [0.25, 0.3) is 0 Å². The Hall–Kier alpha value is -3.42. The largest absolute Gasteiger partial charge is 0.490 e. The molecule has 0 saturated heterocycles. The zero-order chi connectivity index (χ0) is 23.3. The Bertz CT molecular complexity index is 994. The number of benzene rings is 2. The van der Waals surface area contributed by atoms with Gasteiger partial charge < -0.3 is 14.8 Å². The highest BCUT2D eigenvalue weighted by Gasteiger charge is 2.41. The smallest absolute Gasteiger partial charge is 0.341 e. The third-order valence-corrected chi connectivity index (χ3v) is 5.78. The molecule has 8 nitrogen and oxygen atoms in total. The number of esters is 1. The molecule has 1 aliphatic carbocycles. The van der Waals surface area contributed by atoms with Crippen LogP contribution in [0.4, 0.5) is 11.4 Å². The minimum Gasteiger partial charge on any atom is -0.490 e. The normalized spacial score (nSPS) is 15.1. The molecular formula is C24H28N2O6. The Kier molecular flexibility index (Phi) is 7.12. The minimum absolute atomic E-state index is 0.0106. The number of hydrogen-bond acceptors (Lipinski definition) is 6. The van der Waals surface area contributed by atoms with Gasteiger partial charge in [0.15, 0.2) is 0 Å². The van der Waals surface area contributed by atoms with E-state index in [1.807, 2.05) is 13.8 Å². The fourth-order valence-electron chi connectivity index (χ4n) is 4.19. The van der Waals surface area contributed by atoms with Crippen LogP contribution in [-0.2, 0) is 14.9 Å². The van der Waals surface area contributed by atoms with Gasteiger partial charge in [-0.15, -0.1) is 0 Å². The van der Waals surface area contributed by atoms with Gasteiger partial charge in [-0.3, -0.25) is 14.9 Å². The van der Waals surface area contributed by atoms with Crippen molar-refractivity contribution < 1.29 is 24.0 Å². The first kappa shape index (κ1) is 23.2. The first-order chi connectivity index (χ1) is 15.3. The van der Waals surface area contributed by atoms with Crippen LogP contribution < -0.4 is 10.1 Å². The maximum absolute atomic E-state index is 13.5. The van der Waals surface area contributed by atoms with E-state index in [0.717, 1.165) is 24.8 Å². The number of non-ortho nitro benzene ring substituents is 1. The second-order valence-corrected chi connectivity index (χ2v) is 8.27. The average Bonchev–Trinajstić information content (AvgIpc) is 2.79. The van der Waals surface area contributed by atoms with Crippen molar-refractivity contribution in [1.29, 1.82) is 0 Å². The zero-order valence-electron chi connectivity index (χ0n) is 18.6. The van der Waals surface area contributed by atoms with E-state index < -0.39 is 16.3 Å². The van der Waals surface area contributed by atoms with Crippen molar-refractivity contribution in [3.63, 3.8) is 0 Å². The fraction of sp³-hybridized carbons (Fsp3) is 0.417. The van der Waals surface area contributed by atoms with Crippen LogP contribution >= 0.6 is 0 Å². The van der Waals surface area contributed by atoms with E-state index >= 15 is 0 Å². The first-order valence-corrected chi connectivity index (χ1v) is 10.7. The van der Waals surface area contributed by atoms with Crippen LogP contribution in [0.15, 0.2) is 42.5 Å². The van der Waals surface area contributed by atoms with E-state index in [1.54, 1.807) is 30.3 Å². The molecule has 0 atom stereocenters. The van der Waals surface area contributed by atoms with E-state index in [1.165, 1.54) is 19.2 Å². The topological polar surface area (TPSA) is 108 Å². The predicted molar refractivity (Wildman–Crippen MR) is 120 cm³/mol. The molecule has 170 valence electrons. The van der Waals surface area contributed by atoms with Crippen LogP contribution in [0.1, 0.15) is 61.9 Å². The summed E-state index contributed by atoms with van der Waals surface area (Å²) in [6.45, 7) is 3.71. The lowest BCUT2D eigenvalue weighted by Gasteiger charge is -2.36. The number of methoxy groups -OCH3 is 1. The van der Waals surface area contributed by atoms with Crippen molar-refractivity contribution in [3.05, 3.63) is 63.7 Å². The summed E-state index contributed by atoms with van der Waals surface area (Å²) in [5, 5.41) is 14.0. The lowest BCUT2D eigenvalue weighted by atomic mass is 9.68. The highest BCUT2D eigenvalue weighted by molar-refractivity contribution is 6.01. The molecule has 1 amide bonds. The maximum atomic E-state index is 13.5. The molecule has 2 aromatic rings. The number of nitrogens with one attached hydrogen (secondary N) is 1. The molecule has 0 aromatic heterocycles. The summed E-state index contributed by atoms with van der Waals surface area (Å²) in [6.07, 6.45) is 3.98. The molecule has 32 heavy (non-hydrogen) atoms. The molecule has 1 N–H and O–H groups in total. The van der Waals surface area contributed by atoms with E-state index in [2.05, 4.69) is 5.32 Å². The number of amides is 1. The second kappa shape index (κ2) is 9.80. The monoisotopic (exact) mass is 440 g/mol. The van der Waals surface area contributed by atoms with Crippen molar-refractivity contribution in [3.8, 4) is 5.75 Å². The van der Waals surface area contributed by atoms with E-state index in [9.17, 15) is 19.7 Å². The number of hydrogen-bond donors (Lipinski definition) is 1. The molecule has 3 rings (SSSR count). The average molecular weight is 440 g/mol. The number of ether oxygens (including phenoxy) is 2. The fourth-order valence-corrected chi connectivity index (χ4v) is 4.19. The van der Waals surface area contributed by atoms with E-state index in [-0.39, 0.29) is 23.3 Å². The molecule has 0 bridgehead atoms. The van der Waals surface area contributed by atoms with Crippen LogP contribution in [0.2, 0.25) is 0 Å². The van der Waals surface area contributed by atoms with Gasteiger partial charge in [-0.05, 0) is 50.5 Å². The van der Waals surface area contributed by atoms with Gasteiger partial charge in [-0.1, -0.05) is 31.4 Å². The Morgan fingerprint density at radius 2 is 1.72 bits per heavy atom. The van der Waals surface area contributed by atoms with E-state index in [0.29, 0.717) is 24.3 Å². The number of anilines is 1. The zero-order valence-corrected chi connectivity index (χ0v) is 18.6. The van der Waals surface area contributed by atoms with Gasteiger partial charge in [0.2, 0.25) is 5.91 Å². The quantitative estimate of drug-likeness (QED) is 0.368. The first-order valence-electron chi connectivity index (χ1n) is 10.7. The van der Waals surface area contributed by atoms with Gasteiger partial charge >= 0.3 is 5.97 Å². The Labute approximate surface area is 187 Å². The summed E-state index contributed by atoms with van der Waals surface area (Å²) in [5.41, 5.74) is 0.647. The van der Waals surface area contributed by atoms with Gasteiger partial charge in [0.1, 0.15) is 11.3 Å². The summed E-state index contributed by atoms with van der Waals surface area (Å²) in [5.74, 6) is -0.369. The van der Waals surface area contributed by atoms with Crippen molar-refractivity contribution in [2.75, 3.05) is 12.4 Å². The molecule has 8 heteroatoms. The van der Waals surface area contributed by atoms with Crippen molar-refractivity contribution in [2.24, 2.45) is 0 Å². The highest BCUT2D eigenvalue weighted by atomic mass is 16.6. The SMILES string of the molecule is COC(=O)c1cc(NC(=O)C2(c3ccc([N+](=O)[O-])cc3)CCCCC2)ccc1OC(C)C. The summed E-state index contributed by atoms with van der Waals surface area (Å²) in [6, 6.07) is 11.1. The molecule has 0 aliphatic heterocycles. The van der Waals surface area contributed by atoms with Gasteiger partial charge in [-0.25, -0.2) is 4.79 Å². The summed E-state index contributed by atoms with van der Waals surface area (Å²) < 4.78 is 10.6. The van der Waals surface area contributed by atoms with Crippen molar-refractivity contribution in [2.45, 2.75) is 57.5 Å². The standard InChI is InChI=1S/C24H28N2O6/c1-16(2)32-21-12-9-18(15-20(21)22(27)31-3)25-23(28)24(13-5-4-6-14-24)17-7-10-19(11-8-17)26(29)30/h7-12,15-16H,4-6,13-14H2,1-3H3,(H,25,28). The maximum Gasteiger partial charge on any atom is 0.341 e. The minimum atomic E-state index is -0.786. The van der Waals surface area contributed by atoms with Crippen molar-refractivity contribution >= 4 is 23.3 Å². The third-order valence-electron chi connectivity index (χ3n) is 5.78. The van der Waals surface area contributed by atoms with Gasteiger partial charge in [-0.2, -0.15) is 0 Å². The van der Waals surface area contributed by atoms with E-state index in [4.69, 9.17) is 9.47 Å². The van der Waals surface area contributed by atoms with Crippen LogP contribution in [-0.4, -0.2) is 30.0 Å². The molecule has 2 aromatic carbocycles. The summed E-state index contributed by atoms with van der Waals surface area (Å²) in [7, 11) is 1.29. The lowest BCUT2D eigenvalue weighted by molar-refractivity contribution is -0.384. The van der Waals surface area contributed by atoms with Crippen molar-refractivity contribution in [1.82, 2.24) is 0 Å². The number of rotatable bonds is 7. The molecule has 0 unspecified atom stereocenters. The number of nitrogens with zero attached hydrogens (tertiary/aromatic N) is 1. The van der Waals surface area contributed by atoms with Gasteiger partial charge in [0, 0.05) is 17.8 Å². The Balaban J connectivity index is 1.93. The number of nitro benzene ring substituents is 1. The molecule has 1 aliphatic rings. The van der Waals surface area contributed by atoms with Gasteiger partial charge in [0.05, 0.1) is 23.6 Å². The highest BCUT2D eigenvalue weighted by Crippen LogP contribution is 2.41. The molecule has 0 radical (unpaired) electrons. The van der Waals surface area contributed by atoms with Crippen LogP contribution in [0, 0.1) is 10.1 Å².